The second kappa shape index (κ2) is 8.07. The topological polar surface area (TPSA) is 120 Å². The van der Waals surface area contributed by atoms with Crippen molar-refractivity contribution in [1.29, 1.82) is 0 Å². The number of amides is 1. The van der Waals surface area contributed by atoms with Gasteiger partial charge in [-0.25, -0.2) is 18.6 Å². The first-order valence-corrected chi connectivity index (χ1v) is 9.58. The maximum Gasteiger partial charge on any atom is 0.420 e. The Balaban J connectivity index is 1.46. The van der Waals surface area contributed by atoms with Gasteiger partial charge in [0.25, 0.3) is 5.69 Å². The fourth-order valence-corrected chi connectivity index (χ4v) is 3.78. The third-order valence-electron chi connectivity index (χ3n) is 4.33. The normalized spacial score (nSPS) is 11.0. The molecule has 2 heterocycles. The zero-order valence-electron chi connectivity index (χ0n) is 15.5. The van der Waals surface area contributed by atoms with E-state index in [0.717, 1.165) is 34.1 Å². The molecule has 0 atom stereocenters. The van der Waals surface area contributed by atoms with Crippen LogP contribution in [0, 0.1) is 21.7 Å². The fourth-order valence-electron chi connectivity index (χ4n) is 2.92. The number of nitro groups is 1. The molecule has 0 unspecified atom stereocenters. The number of rotatable bonds is 6. The number of carbonyl (C=O) groups is 1. The number of halogens is 2. The molecule has 1 amide bonds. The summed E-state index contributed by atoms with van der Waals surface area (Å²) >= 11 is 1.15. The Labute approximate surface area is 175 Å². The maximum absolute atomic E-state index is 13.3. The molecule has 9 nitrogen and oxygen atoms in total. The number of nitro benzene ring substituents is 1. The number of aromatic nitrogens is 2. The lowest BCUT2D eigenvalue weighted by Gasteiger charge is -2.02. The first kappa shape index (κ1) is 20.3. The van der Waals surface area contributed by atoms with E-state index in [9.17, 15) is 28.5 Å². The zero-order valence-corrected chi connectivity index (χ0v) is 16.3. The standard InChI is InChI=1S/C19H12F2N4O5S/c20-13-3-1-10(6-14(13)21)5-12-8-22-18(31-12)23-17(26)9-24-15-4-2-11(25(28)29)7-16(15)30-19(24)27/h1-4,6-8H,5,9H2,(H,22,23,26). The number of carbonyl (C=O) groups excluding carboxylic acids is 1. The molecule has 0 spiro atoms. The zero-order chi connectivity index (χ0) is 22.1. The summed E-state index contributed by atoms with van der Waals surface area (Å²) in [5.41, 5.74) is 0.541. The van der Waals surface area contributed by atoms with Crippen molar-refractivity contribution in [2.75, 3.05) is 5.32 Å². The van der Waals surface area contributed by atoms with Crippen LogP contribution < -0.4 is 11.1 Å². The predicted molar refractivity (Wildman–Crippen MR) is 107 cm³/mol. The van der Waals surface area contributed by atoms with Crippen LogP contribution in [0.25, 0.3) is 11.1 Å². The number of nitrogens with zero attached hydrogens (tertiary/aromatic N) is 3. The number of oxazole rings is 1. The van der Waals surface area contributed by atoms with Gasteiger partial charge in [0.1, 0.15) is 6.54 Å². The number of benzene rings is 2. The van der Waals surface area contributed by atoms with Crippen LogP contribution in [-0.2, 0) is 17.8 Å². The van der Waals surface area contributed by atoms with Gasteiger partial charge in [0.05, 0.1) is 16.5 Å². The van der Waals surface area contributed by atoms with Crippen LogP contribution >= 0.6 is 11.3 Å². The summed E-state index contributed by atoms with van der Waals surface area (Å²) in [6.45, 7) is -0.387. The van der Waals surface area contributed by atoms with Crippen molar-refractivity contribution in [3.05, 3.63) is 85.3 Å². The van der Waals surface area contributed by atoms with Gasteiger partial charge >= 0.3 is 5.76 Å². The molecule has 0 aliphatic carbocycles. The molecule has 0 saturated heterocycles. The Morgan fingerprint density at radius 2 is 2.03 bits per heavy atom. The summed E-state index contributed by atoms with van der Waals surface area (Å²) in [4.78, 5) is 39.4. The second-order valence-corrected chi connectivity index (χ2v) is 7.58. The molecule has 4 aromatic rings. The third kappa shape index (κ3) is 4.33. The number of thiazole rings is 1. The van der Waals surface area contributed by atoms with Gasteiger partial charge in [0.15, 0.2) is 22.3 Å². The van der Waals surface area contributed by atoms with Gasteiger partial charge in [-0.1, -0.05) is 6.07 Å². The quantitative estimate of drug-likeness (QED) is 0.358. The van der Waals surface area contributed by atoms with Crippen LogP contribution in [-0.4, -0.2) is 20.4 Å². The Morgan fingerprint density at radius 3 is 2.77 bits per heavy atom. The van der Waals surface area contributed by atoms with E-state index in [2.05, 4.69) is 10.3 Å². The summed E-state index contributed by atoms with van der Waals surface area (Å²) in [7, 11) is 0. The molecule has 4 rings (SSSR count). The summed E-state index contributed by atoms with van der Waals surface area (Å²) in [6, 6.07) is 7.23. The van der Waals surface area contributed by atoms with E-state index in [-0.39, 0.29) is 28.5 Å². The minimum Gasteiger partial charge on any atom is -0.407 e. The molecule has 0 saturated carbocycles. The first-order valence-electron chi connectivity index (χ1n) is 8.76. The van der Waals surface area contributed by atoms with Crippen molar-refractivity contribution >= 4 is 39.2 Å². The van der Waals surface area contributed by atoms with Crippen molar-refractivity contribution in [1.82, 2.24) is 9.55 Å². The highest BCUT2D eigenvalue weighted by Crippen LogP contribution is 2.23. The van der Waals surface area contributed by atoms with Crippen LogP contribution in [0.2, 0.25) is 0 Å². The van der Waals surface area contributed by atoms with E-state index in [1.165, 1.54) is 24.4 Å². The fraction of sp³-hybridized carbons (Fsp3) is 0.105. The van der Waals surface area contributed by atoms with E-state index in [1.807, 2.05) is 0 Å². The van der Waals surface area contributed by atoms with Gasteiger partial charge in [-0.3, -0.25) is 19.5 Å². The Hall–Kier alpha value is -3.93. The lowest BCUT2D eigenvalue weighted by molar-refractivity contribution is -0.384. The molecule has 2 aromatic heterocycles. The van der Waals surface area contributed by atoms with Crippen LogP contribution in [0.15, 0.2) is 51.8 Å². The van der Waals surface area contributed by atoms with Gasteiger partial charge in [0.2, 0.25) is 5.91 Å². The van der Waals surface area contributed by atoms with Crippen molar-refractivity contribution in [2.45, 2.75) is 13.0 Å². The van der Waals surface area contributed by atoms with Gasteiger partial charge < -0.3 is 9.73 Å². The number of anilines is 1. The molecule has 12 heteroatoms. The molecule has 1 N–H and O–H groups in total. The molecule has 2 aromatic carbocycles. The summed E-state index contributed by atoms with van der Waals surface area (Å²) in [5.74, 6) is -3.27. The summed E-state index contributed by atoms with van der Waals surface area (Å²) < 4.78 is 32.4. The third-order valence-corrected chi connectivity index (χ3v) is 5.24. The second-order valence-electron chi connectivity index (χ2n) is 6.47. The van der Waals surface area contributed by atoms with E-state index in [4.69, 9.17) is 4.42 Å². The maximum atomic E-state index is 13.3. The van der Waals surface area contributed by atoms with Crippen molar-refractivity contribution in [3.63, 3.8) is 0 Å². The average Bonchev–Trinajstić information content (AvgIpc) is 3.28. The Bertz CT molecular complexity index is 1380. The van der Waals surface area contributed by atoms with Crippen LogP contribution in [0.1, 0.15) is 10.4 Å². The SMILES string of the molecule is O=C(Cn1c(=O)oc2cc([N+](=O)[O-])ccc21)Nc1ncc(Cc2ccc(F)c(F)c2)s1. The lowest BCUT2D eigenvalue weighted by Crippen LogP contribution is -2.24. The molecule has 0 bridgehead atoms. The lowest BCUT2D eigenvalue weighted by atomic mass is 10.1. The molecule has 0 fully saturated rings. The summed E-state index contributed by atoms with van der Waals surface area (Å²) in [6.07, 6.45) is 1.80. The van der Waals surface area contributed by atoms with Crippen molar-refractivity contribution in [2.24, 2.45) is 0 Å². The summed E-state index contributed by atoms with van der Waals surface area (Å²) in [5, 5.41) is 13.7. The van der Waals surface area contributed by atoms with Gasteiger partial charge in [0, 0.05) is 23.6 Å². The monoisotopic (exact) mass is 446 g/mol. The van der Waals surface area contributed by atoms with Crippen LogP contribution in [0.3, 0.4) is 0 Å². The molecular formula is C19H12F2N4O5S. The minimum absolute atomic E-state index is 0.00457. The number of fused-ring (bicyclic) bond motifs is 1. The average molecular weight is 446 g/mol. The molecular weight excluding hydrogens is 434 g/mol. The smallest absolute Gasteiger partial charge is 0.407 e. The largest absolute Gasteiger partial charge is 0.420 e. The van der Waals surface area contributed by atoms with E-state index in [1.54, 1.807) is 0 Å². The first-order chi connectivity index (χ1) is 14.8. The number of hydrogen-bond acceptors (Lipinski definition) is 7. The molecule has 158 valence electrons. The highest BCUT2D eigenvalue weighted by molar-refractivity contribution is 7.15. The van der Waals surface area contributed by atoms with Crippen molar-refractivity contribution in [3.8, 4) is 0 Å². The Morgan fingerprint density at radius 1 is 1.23 bits per heavy atom. The number of nitrogens with one attached hydrogen (secondary N) is 1. The number of hydrogen-bond donors (Lipinski definition) is 1. The molecule has 0 aliphatic heterocycles. The van der Waals surface area contributed by atoms with E-state index < -0.39 is 28.2 Å². The predicted octanol–water partition coefficient (Wildman–Crippen LogP) is 3.47. The highest BCUT2D eigenvalue weighted by Gasteiger charge is 2.17. The van der Waals surface area contributed by atoms with Crippen molar-refractivity contribution < 1.29 is 22.9 Å². The molecule has 0 aliphatic rings. The molecule has 0 radical (unpaired) electrons. The minimum atomic E-state index is -0.946. The number of non-ortho nitro benzene ring substituents is 1. The molecule has 31 heavy (non-hydrogen) atoms. The van der Waals surface area contributed by atoms with Gasteiger partial charge in [-0.05, 0) is 23.8 Å². The van der Waals surface area contributed by atoms with Gasteiger partial charge in [-0.15, -0.1) is 11.3 Å². The van der Waals surface area contributed by atoms with Gasteiger partial charge in [-0.2, -0.15) is 0 Å². The van der Waals surface area contributed by atoms with Crippen LogP contribution in [0.5, 0.6) is 0 Å². The highest BCUT2D eigenvalue weighted by atomic mass is 32.1. The van der Waals surface area contributed by atoms with Crippen LogP contribution in [0.4, 0.5) is 19.6 Å². The van der Waals surface area contributed by atoms with E-state index >= 15 is 0 Å². The Kier molecular flexibility index (Phi) is 5.29. The van der Waals surface area contributed by atoms with E-state index in [0.29, 0.717) is 16.9 Å².